The summed E-state index contributed by atoms with van der Waals surface area (Å²) in [4.78, 5) is 13.2. The molecule has 1 unspecified atom stereocenters. The lowest BCUT2D eigenvalue weighted by Crippen LogP contribution is -2.24. The summed E-state index contributed by atoms with van der Waals surface area (Å²) in [6.07, 6.45) is 0.281. The smallest absolute Gasteiger partial charge is 0.489 e. The van der Waals surface area contributed by atoms with Crippen LogP contribution < -0.4 is 4.74 Å². The Balaban J connectivity index is 1.90. The van der Waals surface area contributed by atoms with Gasteiger partial charge in [-0.25, -0.2) is 0 Å². The van der Waals surface area contributed by atoms with Crippen molar-refractivity contribution < 1.29 is 14.8 Å². The van der Waals surface area contributed by atoms with E-state index < -0.39 is 17.0 Å². The predicted octanol–water partition coefficient (Wildman–Crippen LogP) is 1.59. The third-order valence-electron chi connectivity index (χ3n) is 2.60. The second-order valence-corrected chi connectivity index (χ2v) is 4.83. The lowest BCUT2D eigenvalue weighted by molar-refractivity contribution is -0.394. The number of rotatable bonds is 6. The van der Waals surface area contributed by atoms with Crippen LogP contribution in [0.3, 0.4) is 0 Å². The van der Waals surface area contributed by atoms with Crippen LogP contribution in [-0.4, -0.2) is 37.5 Å². The largest absolute Gasteiger partial charge is 0.490 e. The first kappa shape index (κ1) is 15.2. The van der Waals surface area contributed by atoms with E-state index in [1.807, 2.05) is 13.0 Å². The standard InChI is InChI=1S/C12H13ClN4O4/c1-8-2-3-10(13)11(4-8)21-6-9(18)5-16-7-14-12(15-16)17(19)20/h2-4,7,9,18H,5-6H2,1H3. The summed E-state index contributed by atoms with van der Waals surface area (Å²) in [5, 5.41) is 24.3. The number of aliphatic hydroxyl groups excluding tert-OH is 1. The highest BCUT2D eigenvalue weighted by Gasteiger charge is 2.16. The van der Waals surface area contributed by atoms with Gasteiger partial charge < -0.3 is 20.0 Å². The normalized spacial score (nSPS) is 12.1. The van der Waals surface area contributed by atoms with E-state index in [9.17, 15) is 15.2 Å². The highest BCUT2D eigenvalue weighted by molar-refractivity contribution is 6.32. The number of nitrogens with zero attached hydrogens (tertiary/aromatic N) is 4. The fourth-order valence-corrected chi connectivity index (χ4v) is 1.80. The molecule has 0 amide bonds. The SMILES string of the molecule is Cc1ccc(Cl)c(OCC(O)Cn2cnc([N+](=O)[O-])n2)c1. The van der Waals surface area contributed by atoms with E-state index in [0.717, 1.165) is 5.56 Å². The number of nitro groups is 1. The second kappa shape index (κ2) is 6.51. The number of aromatic nitrogens is 3. The summed E-state index contributed by atoms with van der Waals surface area (Å²) in [7, 11) is 0. The minimum Gasteiger partial charge on any atom is -0.489 e. The lowest BCUT2D eigenvalue weighted by atomic mass is 10.2. The van der Waals surface area contributed by atoms with E-state index >= 15 is 0 Å². The maximum Gasteiger partial charge on any atom is 0.490 e. The van der Waals surface area contributed by atoms with Crippen LogP contribution >= 0.6 is 11.6 Å². The topological polar surface area (TPSA) is 103 Å². The highest BCUT2D eigenvalue weighted by Crippen LogP contribution is 2.25. The predicted molar refractivity (Wildman–Crippen MR) is 74.4 cm³/mol. The van der Waals surface area contributed by atoms with Crippen molar-refractivity contribution >= 4 is 17.5 Å². The Hall–Kier alpha value is -2.19. The van der Waals surface area contributed by atoms with Crippen LogP contribution in [0.4, 0.5) is 5.95 Å². The van der Waals surface area contributed by atoms with Gasteiger partial charge in [-0.2, -0.15) is 4.68 Å². The fraction of sp³-hybridized carbons (Fsp3) is 0.333. The van der Waals surface area contributed by atoms with Crippen LogP contribution in [0.25, 0.3) is 0 Å². The van der Waals surface area contributed by atoms with E-state index in [1.165, 1.54) is 11.0 Å². The molecule has 1 N–H and O–H groups in total. The van der Waals surface area contributed by atoms with Gasteiger partial charge in [0.15, 0.2) is 0 Å². The van der Waals surface area contributed by atoms with Crippen molar-refractivity contribution in [2.45, 2.75) is 19.6 Å². The van der Waals surface area contributed by atoms with Crippen molar-refractivity contribution in [2.75, 3.05) is 6.61 Å². The van der Waals surface area contributed by atoms with Gasteiger partial charge in [0.25, 0.3) is 0 Å². The Morgan fingerprint density at radius 1 is 1.57 bits per heavy atom. The van der Waals surface area contributed by atoms with E-state index in [1.54, 1.807) is 12.1 Å². The second-order valence-electron chi connectivity index (χ2n) is 4.42. The van der Waals surface area contributed by atoms with E-state index in [4.69, 9.17) is 16.3 Å². The minimum absolute atomic E-state index is 0.0170. The molecule has 0 aliphatic carbocycles. The molecular weight excluding hydrogens is 300 g/mol. The van der Waals surface area contributed by atoms with E-state index in [0.29, 0.717) is 10.8 Å². The summed E-state index contributed by atoms with van der Waals surface area (Å²) in [6, 6.07) is 5.31. The zero-order valence-electron chi connectivity index (χ0n) is 11.1. The van der Waals surface area contributed by atoms with Gasteiger partial charge in [0, 0.05) is 5.10 Å². The number of ether oxygens (including phenoxy) is 1. The summed E-state index contributed by atoms with van der Waals surface area (Å²) in [6.45, 7) is 1.91. The average molecular weight is 313 g/mol. The summed E-state index contributed by atoms with van der Waals surface area (Å²) >= 11 is 5.97. The summed E-state index contributed by atoms with van der Waals surface area (Å²) in [5.41, 5.74) is 0.982. The number of aliphatic hydroxyl groups is 1. The summed E-state index contributed by atoms with van der Waals surface area (Å²) < 4.78 is 6.61. The number of hydrogen-bond donors (Lipinski definition) is 1. The van der Waals surface area contributed by atoms with Crippen LogP contribution in [-0.2, 0) is 6.54 Å². The molecule has 0 saturated carbocycles. The molecular formula is C12H13ClN4O4. The quantitative estimate of drug-likeness (QED) is 0.641. The monoisotopic (exact) mass is 312 g/mol. The fourth-order valence-electron chi connectivity index (χ4n) is 1.63. The van der Waals surface area contributed by atoms with Gasteiger partial charge in [0.1, 0.15) is 18.5 Å². The van der Waals surface area contributed by atoms with Crippen molar-refractivity contribution in [1.29, 1.82) is 0 Å². The molecule has 1 aromatic heterocycles. The first-order chi connectivity index (χ1) is 9.95. The maximum atomic E-state index is 10.4. The van der Waals surface area contributed by atoms with Crippen LogP contribution in [0.5, 0.6) is 5.75 Å². The van der Waals surface area contributed by atoms with E-state index in [2.05, 4.69) is 10.1 Å². The van der Waals surface area contributed by atoms with E-state index in [-0.39, 0.29) is 13.2 Å². The van der Waals surface area contributed by atoms with Gasteiger partial charge in [0.2, 0.25) is 6.33 Å². The Morgan fingerprint density at radius 3 is 3.00 bits per heavy atom. The Morgan fingerprint density at radius 2 is 2.33 bits per heavy atom. The molecule has 0 aliphatic heterocycles. The zero-order valence-corrected chi connectivity index (χ0v) is 11.9. The molecule has 112 valence electrons. The Labute approximate surface area is 125 Å². The molecule has 0 bridgehead atoms. The lowest BCUT2D eigenvalue weighted by Gasteiger charge is -2.12. The van der Waals surface area contributed by atoms with Crippen molar-refractivity contribution in [1.82, 2.24) is 14.8 Å². The highest BCUT2D eigenvalue weighted by atomic mass is 35.5. The van der Waals surface area contributed by atoms with Gasteiger partial charge in [-0.1, -0.05) is 22.7 Å². The van der Waals surface area contributed by atoms with Crippen LogP contribution in [0.1, 0.15) is 5.56 Å². The number of aryl methyl sites for hydroxylation is 1. The van der Waals surface area contributed by atoms with Crippen LogP contribution in [0, 0.1) is 17.0 Å². The number of halogens is 1. The van der Waals surface area contributed by atoms with Crippen LogP contribution in [0.15, 0.2) is 24.5 Å². The molecule has 1 heterocycles. The molecule has 1 aromatic carbocycles. The third-order valence-corrected chi connectivity index (χ3v) is 2.92. The van der Waals surface area contributed by atoms with Gasteiger partial charge in [-0.3, -0.25) is 0 Å². The van der Waals surface area contributed by atoms with Crippen molar-refractivity contribution in [3.05, 3.63) is 45.2 Å². The van der Waals surface area contributed by atoms with Crippen LogP contribution in [0.2, 0.25) is 5.02 Å². The van der Waals surface area contributed by atoms with Crippen molar-refractivity contribution in [3.8, 4) is 5.75 Å². The first-order valence-electron chi connectivity index (χ1n) is 6.06. The zero-order chi connectivity index (χ0) is 15.4. The molecule has 2 rings (SSSR count). The minimum atomic E-state index is -0.900. The average Bonchev–Trinajstić information content (AvgIpc) is 2.88. The molecule has 0 saturated heterocycles. The first-order valence-corrected chi connectivity index (χ1v) is 6.44. The van der Waals surface area contributed by atoms with Gasteiger partial charge in [-0.15, -0.1) is 0 Å². The van der Waals surface area contributed by atoms with Gasteiger partial charge in [-0.05, 0) is 29.5 Å². The number of hydrogen-bond acceptors (Lipinski definition) is 6. The van der Waals surface area contributed by atoms with Gasteiger partial charge >= 0.3 is 5.95 Å². The Bertz CT molecular complexity index is 646. The summed E-state index contributed by atoms with van der Waals surface area (Å²) in [5.74, 6) is -0.0369. The molecule has 0 fully saturated rings. The maximum absolute atomic E-state index is 10.4. The molecule has 8 nitrogen and oxygen atoms in total. The molecule has 2 aromatic rings. The molecule has 0 aliphatic rings. The third kappa shape index (κ3) is 4.14. The molecule has 21 heavy (non-hydrogen) atoms. The Kier molecular flexibility index (Phi) is 4.71. The number of benzene rings is 1. The van der Waals surface area contributed by atoms with Crippen molar-refractivity contribution in [2.24, 2.45) is 0 Å². The van der Waals surface area contributed by atoms with Crippen molar-refractivity contribution in [3.63, 3.8) is 0 Å². The molecule has 0 spiro atoms. The molecule has 9 heteroatoms. The molecule has 0 radical (unpaired) electrons. The molecule has 1 atom stereocenters. The van der Waals surface area contributed by atoms with Gasteiger partial charge in [0.05, 0.1) is 11.6 Å².